The van der Waals surface area contributed by atoms with E-state index in [-0.39, 0.29) is 12.0 Å². The topological polar surface area (TPSA) is 93.4 Å². The first kappa shape index (κ1) is 10.6. The number of aromatic nitrogens is 2. The molecule has 16 heavy (non-hydrogen) atoms. The number of nitrogens with two attached hydrogens (primary N) is 1. The van der Waals surface area contributed by atoms with Crippen molar-refractivity contribution in [3.63, 3.8) is 0 Å². The summed E-state index contributed by atoms with van der Waals surface area (Å²) in [6.07, 6.45) is 1.50. The first-order valence-electron chi connectivity index (χ1n) is 4.98. The van der Waals surface area contributed by atoms with Gasteiger partial charge in [0.05, 0.1) is 13.2 Å². The van der Waals surface area contributed by atoms with Crippen LogP contribution >= 0.6 is 0 Å². The van der Waals surface area contributed by atoms with E-state index in [0.717, 1.165) is 0 Å². The molecule has 1 saturated heterocycles. The van der Waals surface area contributed by atoms with E-state index in [2.05, 4.69) is 15.3 Å². The van der Waals surface area contributed by atoms with E-state index in [1.54, 1.807) is 11.0 Å². The summed E-state index contributed by atoms with van der Waals surface area (Å²) < 4.78 is 5.15. The first-order chi connectivity index (χ1) is 7.75. The van der Waals surface area contributed by atoms with Crippen LogP contribution in [0, 0.1) is 0 Å². The molecule has 1 aromatic heterocycles. The predicted molar refractivity (Wildman–Crippen MR) is 57.9 cm³/mol. The van der Waals surface area contributed by atoms with Gasteiger partial charge in [0.1, 0.15) is 5.82 Å². The maximum Gasteiger partial charge on any atom is 0.324 e. The lowest BCUT2D eigenvalue weighted by atomic mass is 10.4. The Morgan fingerprint density at radius 1 is 1.50 bits per heavy atom. The van der Waals surface area contributed by atoms with Gasteiger partial charge in [0.25, 0.3) is 0 Å². The van der Waals surface area contributed by atoms with Crippen molar-refractivity contribution in [3.05, 3.63) is 12.3 Å². The van der Waals surface area contributed by atoms with Crippen molar-refractivity contribution in [1.82, 2.24) is 14.9 Å². The van der Waals surface area contributed by atoms with Crippen LogP contribution in [-0.4, -0.2) is 47.2 Å². The highest BCUT2D eigenvalue weighted by molar-refractivity contribution is 5.87. The van der Waals surface area contributed by atoms with Gasteiger partial charge in [-0.05, 0) is 6.07 Å². The van der Waals surface area contributed by atoms with Crippen molar-refractivity contribution in [3.8, 4) is 0 Å². The quantitative estimate of drug-likeness (QED) is 0.694. The molecule has 0 atom stereocenters. The van der Waals surface area contributed by atoms with Crippen LogP contribution in [0.5, 0.6) is 0 Å². The van der Waals surface area contributed by atoms with Crippen LogP contribution in [0.15, 0.2) is 12.3 Å². The van der Waals surface area contributed by atoms with Crippen LogP contribution < -0.4 is 11.1 Å². The predicted octanol–water partition coefficient (Wildman–Crippen LogP) is -0.0771. The normalized spacial score (nSPS) is 15.9. The molecule has 2 heterocycles. The highest BCUT2D eigenvalue weighted by Crippen LogP contribution is 2.04. The van der Waals surface area contributed by atoms with Gasteiger partial charge in [-0.15, -0.1) is 0 Å². The van der Waals surface area contributed by atoms with Gasteiger partial charge in [-0.1, -0.05) is 0 Å². The van der Waals surface area contributed by atoms with Gasteiger partial charge in [-0.2, -0.15) is 4.98 Å². The molecule has 1 aliphatic rings. The number of ether oxygens (including phenoxy) is 1. The van der Waals surface area contributed by atoms with Crippen LogP contribution in [0.4, 0.5) is 16.6 Å². The third-order valence-electron chi connectivity index (χ3n) is 2.19. The Morgan fingerprint density at radius 3 is 2.94 bits per heavy atom. The van der Waals surface area contributed by atoms with E-state index in [9.17, 15) is 4.79 Å². The van der Waals surface area contributed by atoms with Gasteiger partial charge in [0, 0.05) is 19.3 Å². The Morgan fingerprint density at radius 2 is 2.25 bits per heavy atom. The zero-order valence-corrected chi connectivity index (χ0v) is 8.72. The van der Waals surface area contributed by atoms with E-state index in [0.29, 0.717) is 32.1 Å². The summed E-state index contributed by atoms with van der Waals surface area (Å²) in [5.74, 6) is 0.545. The fourth-order valence-electron chi connectivity index (χ4n) is 1.37. The monoisotopic (exact) mass is 223 g/mol. The van der Waals surface area contributed by atoms with Crippen LogP contribution in [-0.2, 0) is 4.74 Å². The van der Waals surface area contributed by atoms with Gasteiger partial charge in [-0.3, -0.25) is 5.32 Å². The second-order valence-corrected chi connectivity index (χ2v) is 3.33. The molecule has 7 heteroatoms. The molecule has 0 spiro atoms. The number of rotatable bonds is 1. The van der Waals surface area contributed by atoms with Crippen molar-refractivity contribution < 1.29 is 9.53 Å². The Kier molecular flexibility index (Phi) is 3.16. The van der Waals surface area contributed by atoms with Crippen LogP contribution in [0.2, 0.25) is 0 Å². The zero-order chi connectivity index (χ0) is 11.4. The highest BCUT2D eigenvalue weighted by Gasteiger charge is 2.17. The zero-order valence-electron chi connectivity index (χ0n) is 8.72. The summed E-state index contributed by atoms with van der Waals surface area (Å²) in [4.78, 5) is 21.1. The third kappa shape index (κ3) is 2.57. The molecule has 2 amide bonds. The van der Waals surface area contributed by atoms with E-state index in [4.69, 9.17) is 10.5 Å². The molecular weight excluding hydrogens is 210 g/mol. The molecule has 1 aromatic rings. The Hall–Kier alpha value is -1.89. The van der Waals surface area contributed by atoms with Gasteiger partial charge >= 0.3 is 6.03 Å². The second kappa shape index (κ2) is 4.75. The molecule has 7 nitrogen and oxygen atoms in total. The number of urea groups is 1. The standard InChI is InChI=1S/C9H13N5O2/c10-7-1-2-11-8(12-7)13-9(15)14-3-5-16-6-4-14/h1-2H,3-6H2,(H3,10,11,12,13,15). The third-order valence-corrected chi connectivity index (χ3v) is 2.19. The van der Waals surface area contributed by atoms with Gasteiger partial charge in [-0.25, -0.2) is 9.78 Å². The van der Waals surface area contributed by atoms with E-state index >= 15 is 0 Å². The smallest absolute Gasteiger partial charge is 0.324 e. The number of nitrogen functional groups attached to an aromatic ring is 1. The summed E-state index contributed by atoms with van der Waals surface area (Å²) in [6, 6.07) is 1.33. The highest BCUT2D eigenvalue weighted by atomic mass is 16.5. The Labute approximate surface area is 92.6 Å². The average molecular weight is 223 g/mol. The van der Waals surface area contributed by atoms with E-state index in [1.807, 2.05) is 0 Å². The summed E-state index contributed by atoms with van der Waals surface area (Å²) in [6.45, 7) is 2.28. The molecule has 0 aliphatic carbocycles. The molecule has 0 saturated carbocycles. The number of carbonyl (C=O) groups excluding carboxylic acids is 1. The summed E-state index contributed by atoms with van der Waals surface area (Å²) >= 11 is 0. The molecule has 2 rings (SSSR count). The van der Waals surface area contributed by atoms with Crippen molar-refractivity contribution in [1.29, 1.82) is 0 Å². The lowest BCUT2D eigenvalue weighted by Crippen LogP contribution is -2.43. The molecule has 0 unspecified atom stereocenters. The molecular formula is C9H13N5O2. The summed E-state index contributed by atoms with van der Waals surface area (Å²) in [7, 11) is 0. The van der Waals surface area contributed by atoms with Crippen LogP contribution in [0.3, 0.4) is 0 Å². The fourth-order valence-corrected chi connectivity index (χ4v) is 1.37. The Bertz CT molecular complexity index is 378. The average Bonchev–Trinajstić information content (AvgIpc) is 2.30. The second-order valence-electron chi connectivity index (χ2n) is 3.33. The summed E-state index contributed by atoms with van der Waals surface area (Å²) in [5, 5.41) is 2.58. The van der Waals surface area contributed by atoms with Crippen molar-refractivity contribution in [2.75, 3.05) is 37.4 Å². The minimum atomic E-state index is -0.228. The number of morpholine rings is 1. The first-order valence-corrected chi connectivity index (χ1v) is 4.98. The molecule has 1 aliphatic heterocycles. The fraction of sp³-hybridized carbons (Fsp3) is 0.444. The molecule has 0 bridgehead atoms. The van der Waals surface area contributed by atoms with Gasteiger partial charge in [0.15, 0.2) is 0 Å². The van der Waals surface area contributed by atoms with Crippen LogP contribution in [0.1, 0.15) is 0 Å². The summed E-state index contributed by atoms with van der Waals surface area (Å²) in [5.41, 5.74) is 5.48. The minimum Gasteiger partial charge on any atom is -0.384 e. The number of hydrogen-bond donors (Lipinski definition) is 2. The van der Waals surface area contributed by atoms with Crippen molar-refractivity contribution in [2.45, 2.75) is 0 Å². The lowest BCUT2D eigenvalue weighted by Gasteiger charge is -2.26. The van der Waals surface area contributed by atoms with Crippen molar-refractivity contribution >= 4 is 17.8 Å². The number of amides is 2. The number of anilines is 2. The molecule has 1 fully saturated rings. The number of nitrogens with zero attached hydrogens (tertiary/aromatic N) is 3. The van der Waals surface area contributed by atoms with Gasteiger partial charge < -0.3 is 15.4 Å². The molecule has 0 aromatic carbocycles. The van der Waals surface area contributed by atoms with E-state index < -0.39 is 0 Å². The van der Waals surface area contributed by atoms with Crippen LogP contribution in [0.25, 0.3) is 0 Å². The molecule has 0 radical (unpaired) electrons. The minimum absolute atomic E-state index is 0.219. The molecule has 3 N–H and O–H groups in total. The lowest BCUT2D eigenvalue weighted by molar-refractivity contribution is 0.0564. The van der Waals surface area contributed by atoms with Gasteiger partial charge in [0.2, 0.25) is 5.95 Å². The number of carbonyl (C=O) groups is 1. The largest absolute Gasteiger partial charge is 0.384 e. The Balaban J connectivity index is 1.96. The SMILES string of the molecule is Nc1ccnc(NC(=O)N2CCOCC2)n1. The number of nitrogens with one attached hydrogen (secondary N) is 1. The van der Waals surface area contributed by atoms with Crippen molar-refractivity contribution in [2.24, 2.45) is 0 Å². The maximum atomic E-state index is 11.7. The maximum absolute atomic E-state index is 11.7. The van der Waals surface area contributed by atoms with E-state index in [1.165, 1.54) is 6.20 Å². The number of hydrogen-bond acceptors (Lipinski definition) is 5. The molecule has 86 valence electrons.